The van der Waals surface area contributed by atoms with Crippen LogP contribution >= 0.6 is 11.6 Å². The number of allylic oxidation sites excluding steroid dienone is 4. The number of esters is 1. The summed E-state index contributed by atoms with van der Waals surface area (Å²) in [5.74, 6) is -3.69. The fraction of sp³-hybridized carbons (Fsp3) is 0.593. The molecule has 8 atom stereocenters. The molecule has 0 saturated heterocycles. The Balaban J connectivity index is 1.43. The molecule has 1 aromatic rings. The van der Waals surface area contributed by atoms with Crippen LogP contribution in [-0.2, 0) is 14.3 Å². The van der Waals surface area contributed by atoms with Crippen molar-refractivity contribution >= 4 is 29.1 Å². The van der Waals surface area contributed by atoms with Gasteiger partial charge in [-0.3, -0.25) is 9.59 Å². The van der Waals surface area contributed by atoms with E-state index in [1.807, 2.05) is 6.92 Å². The van der Waals surface area contributed by atoms with E-state index in [0.717, 1.165) is 5.57 Å². The van der Waals surface area contributed by atoms with Crippen molar-refractivity contribution in [2.24, 2.45) is 28.6 Å². The number of hydrogen-bond donors (Lipinski definition) is 2. The van der Waals surface area contributed by atoms with E-state index >= 15 is 0 Å². The second-order valence-electron chi connectivity index (χ2n) is 11.0. The second-order valence-corrected chi connectivity index (χ2v) is 11.6. The van der Waals surface area contributed by atoms with Crippen LogP contribution in [0, 0.1) is 28.6 Å². The molecule has 0 aliphatic heterocycles. The maximum atomic E-state index is 13.6. The zero-order valence-corrected chi connectivity index (χ0v) is 20.6. The minimum Gasteiger partial charge on any atom is -0.457 e. The van der Waals surface area contributed by atoms with E-state index in [1.54, 1.807) is 26.0 Å². The summed E-state index contributed by atoms with van der Waals surface area (Å²) >= 11 is 7.39. The quantitative estimate of drug-likeness (QED) is 0.474. The summed E-state index contributed by atoms with van der Waals surface area (Å²) in [5, 5.41) is 23.6. The number of Topliss-reactive ketones (excluding diaryl/α,β-unsaturated/α-hetero) is 1. The zero-order valence-electron chi connectivity index (χ0n) is 22.9. The maximum Gasteiger partial charge on any atom is 0.374 e. The van der Waals surface area contributed by atoms with Crippen LogP contribution in [0.5, 0.6) is 0 Å². The largest absolute Gasteiger partial charge is 0.457 e. The van der Waals surface area contributed by atoms with Crippen molar-refractivity contribution in [3.05, 3.63) is 47.9 Å². The average molecular weight is 506 g/mol. The normalized spacial score (nSPS) is 45.4. The molecule has 0 bridgehead atoms. The van der Waals surface area contributed by atoms with Gasteiger partial charge in [-0.05, 0) is 67.7 Å². The number of rotatable bonds is 4. The first-order valence-corrected chi connectivity index (χ1v) is 12.3. The predicted molar refractivity (Wildman–Crippen MR) is 127 cm³/mol. The number of fused-ring (bicyclic) bond motifs is 5. The third-order valence-corrected chi connectivity index (χ3v) is 10.5. The van der Waals surface area contributed by atoms with E-state index in [4.69, 9.17) is 24.9 Å². The van der Waals surface area contributed by atoms with E-state index < -0.39 is 75.8 Å². The van der Waals surface area contributed by atoms with Crippen LogP contribution in [0.3, 0.4) is 0 Å². The second kappa shape index (κ2) is 7.89. The smallest absolute Gasteiger partial charge is 0.374 e. The minimum atomic E-state index is -1.93. The van der Waals surface area contributed by atoms with Crippen molar-refractivity contribution in [2.75, 3.05) is 6.61 Å². The Morgan fingerprint density at radius 1 is 1.34 bits per heavy atom. The Bertz CT molecular complexity index is 1310. The van der Waals surface area contributed by atoms with E-state index in [-0.39, 0.29) is 24.0 Å². The Hall–Kier alpha value is -2.22. The molecule has 0 unspecified atom stereocenters. The Labute approximate surface area is 213 Å². The molecule has 3 fully saturated rings. The monoisotopic (exact) mass is 505 g/mol. The summed E-state index contributed by atoms with van der Waals surface area (Å²) < 4.78 is 32.6. The molecule has 0 spiro atoms. The fourth-order valence-corrected chi connectivity index (χ4v) is 8.25. The van der Waals surface area contributed by atoms with Crippen LogP contribution in [0.1, 0.15) is 61.1 Å². The third-order valence-electron chi connectivity index (χ3n) is 9.55. The maximum absolute atomic E-state index is 13.6. The molecule has 8 heteroatoms. The van der Waals surface area contributed by atoms with Crippen molar-refractivity contribution in [3.8, 4) is 0 Å². The van der Waals surface area contributed by atoms with E-state index in [2.05, 4.69) is 0 Å². The van der Waals surface area contributed by atoms with Crippen molar-refractivity contribution in [1.29, 1.82) is 0 Å². The molecule has 1 heterocycles. The van der Waals surface area contributed by atoms with Crippen LogP contribution in [0.25, 0.3) is 0 Å². The van der Waals surface area contributed by atoms with Crippen LogP contribution in [-0.4, -0.2) is 50.9 Å². The molecule has 7 nitrogen and oxygen atoms in total. The molecule has 4 aliphatic carbocycles. The lowest BCUT2D eigenvalue weighted by atomic mass is 9.45. The summed E-state index contributed by atoms with van der Waals surface area (Å²) in [6, 6.07) is -1.18. The molecule has 4 aliphatic rings. The van der Waals surface area contributed by atoms with E-state index in [0.29, 0.717) is 19.3 Å². The molecule has 2 N–H and O–H groups in total. The highest BCUT2D eigenvalue weighted by molar-refractivity contribution is 6.26. The standard InChI is InChI=1S/C27H31ClO7/c1-15-11-19-18-7-6-16-12-17(29)8-9-24(16,2)26(18,28)21(30)13-25(19,3)27(15,33)22(31)14-35-23(32)20-5-4-10-34-20/h4-5,8-10,12,15,18-19,21,30,33H,6-7,11,13-14H2,1-3H3/t15-,18+,19+,21+,24+,25+,26+,27+/m1/s1/i4D,5D,10D. The van der Waals surface area contributed by atoms with Gasteiger partial charge in [0.25, 0.3) is 0 Å². The van der Waals surface area contributed by atoms with E-state index in [9.17, 15) is 24.6 Å². The molecule has 35 heavy (non-hydrogen) atoms. The van der Waals surface area contributed by atoms with Crippen LogP contribution in [0.4, 0.5) is 0 Å². The number of halogens is 1. The Morgan fingerprint density at radius 2 is 2.09 bits per heavy atom. The van der Waals surface area contributed by atoms with Crippen LogP contribution < -0.4 is 0 Å². The first-order chi connectivity index (χ1) is 17.6. The molecule has 188 valence electrons. The Kier molecular flexibility index (Phi) is 4.72. The van der Waals surface area contributed by atoms with Gasteiger partial charge in [-0.15, -0.1) is 11.6 Å². The van der Waals surface area contributed by atoms with Crippen molar-refractivity contribution in [1.82, 2.24) is 0 Å². The number of carbonyl (C=O) groups is 3. The van der Waals surface area contributed by atoms with Gasteiger partial charge in [0.05, 0.1) is 20.0 Å². The molecular formula is C27H31ClO7. The molecule has 3 saturated carbocycles. The van der Waals surface area contributed by atoms with Gasteiger partial charge < -0.3 is 19.4 Å². The number of ether oxygens (including phenoxy) is 1. The van der Waals surface area contributed by atoms with Gasteiger partial charge in [0.2, 0.25) is 11.5 Å². The van der Waals surface area contributed by atoms with Crippen molar-refractivity contribution in [3.63, 3.8) is 0 Å². The number of hydrogen-bond acceptors (Lipinski definition) is 7. The lowest BCUT2D eigenvalue weighted by Gasteiger charge is -2.63. The molecular weight excluding hydrogens is 472 g/mol. The summed E-state index contributed by atoms with van der Waals surface area (Å²) in [6.07, 6.45) is 4.79. The summed E-state index contributed by atoms with van der Waals surface area (Å²) in [6.45, 7) is 4.67. The average Bonchev–Trinajstić information content (AvgIpc) is 3.23. The highest BCUT2D eigenvalue weighted by Gasteiger charge is 2.74. The highest BCUT2D eigenvalue weighted by atomic mass is 35.5. The molecule has 0 amide bonds. The predicted octanol–water partition coefficient (Wildman–Crippen LogP) is 3.62. The SMILES string of the molecule is [2H]c1oc(C(=O)OCC(=O)[C@@]2(O)[C@H](C)C[C@H]3[C@@H]4CCC5=CC(=O)C=C[C@]5(C)[C@@]4(Cl)[C@@H](O)C[C@@]32C)c([2H])c1[2H]. The Morgan fingerprint density at radius 3 is 2.77 bits per heavy atom. The fourth-order valence-electron chi connectivity index (χ4n) is 7.72. The topological polar surface area (TPSA) is 114 Å². The minimum absolute atomic E-state index is 0.0301. The number of aliphatic hydroxyl groups is 2. The summed E-state index contributed by atoms with van der Waals surface area (Å²) in [5.41, 5.74) is -2.89. The van der Waals surface area contributed by atoms with Gasteiger partial charge in [0.1, 0.15) is 6.97 Å². The number of carbonyl (C=O) groups excluding carboxylic acids is 3. The number of ketones is 2. The van der Waals surface area contributed by atoms with Crippen LogP contribution in [0.15, 0.2) is 46.5 Å². The van der Waals surface area contributed by atoms with Gasteiger partial charge in [0.15, 0.2) is 12.4 Å². The number of aliphatic hydroxyl groups excluding tert-OH is 1. The molecule has 1 aromatic heterocycles. The first kappa shape index (κ1) is 20.9. The number of furan rings is 1. The zero-order chi connectivity index (χ0) is 28.0. The molecule has 5 rings (SSSR count). The third kappa shape index (κ3) is 3.07. The summed E-state index contributed by atoms with van der Waals surface area (Å²) in [4.78, 5) is 36.9. The van der Waals surface area contributed by atoms with Crippen molar-refractivity contribution < 1.29 is 37.9 Å². The van der Waals surface area contributed by atoms with Gasteiger partial charge >= 0.3 is 5.97 Å². The first-order valence-electron chi connectivity index (χ1n) is 13.4. The lowest BCUT2D eigenvalue weighted by Crippen LogP contribution is -2.69. The molecule has 0 aromatic carbocycles. The van der Waals surface area contributed by atoms with Crippen molar-refractivity contribution in [2.45, 2.75) is 63.0 Å². The lowest BCUT2D eigenvalue weighted by molar-refractivity contribution is -0.179. The van der Waals surface area contributed by atoms with Gasteiger partial charge in [-0.2, -0.15) is 0 Å². The van der Waals surface area contributed by atoms with Gasteiger partial charge in [0, 0.05) is 10.8 Å². The number of alkyl halides is 1. The van der Waals surface area contributed by atoms with E-state index in [1.165, 1.54) is 6.08 Å². The van der Waals surface area contributed by atoms with Gasteiger partial charge in [-0.1, -0.05) is 32.4 Å². The molecule has 0 radical (unpaired) electrons. The van der Waals surface area contributed by atoms with Crippen LogP contribution in [0.2, 0.25) is 0 Å². The highest BCUT2D eigenvalue weighted by Crippen LogP contribution is 2.71. The van der Waals surface area contributed by atoms with Gasteiger partial charge in [-0.25, -0.2) is 4.79 Å². The summed E-state index contributed by atoms with van der Waals surface area (Å²) in [7, 11) is 0.